The van der Waals surface area contributed by atoms with Crippen LogP contribution in [0, 0.1) is 0 Å². The zero-order chi connectivity index (χ0) is 19.3. The van der Waals surface area contributed by atoms with Crippen molar-refractivity contribution >= 4 is 35.0 Å². The van der Waals surface area contributed by atoms with Gasteiger partial charge in [-0.3, -0.25) is 0 Å². The highest BCUT2D eigenvalue weighted by atomic mass is 35.5. The van der Waals surface area contributed by atoms with Gasteiger partial charge in [-0.1, -0.05) is 24.6 Å². The number of carbonyl (C=O) groups excluding carboxylic acids is 1. The molecule has 1 aromatic carbocycles. The van der Waals surface area contributed by atoms with Gasteiger partial charge in [0.05, 0.1) is 0 Å². The number of nitrogens with one attached hydrogen (secondary N) is 1. The first kappa shape index (κ1) is 21.9. The number of carbonyl (C=O) groups is 1. The number of anilines is 1. The van der Waals surface area contributed by atoms with Crippen molar-refractivity contribution in [2.24, 2.45) is 0 Å². The molecular weight excluding hydrogens is 383 g/mol. The van der Waals surface area contributed by atoms with Crippen LogP contribution in [-0.4, -0.2) is 43.6 Å². The monoisotopic (exact) mass is 412 g/mol. The minimum absolute atomic E-state index is 0.0977. The Morgan fingerprint density at radius 2 is 1.85 bits per heavy atom. The smallest absolute Gasteiger partial charge is 0.407 e. The lowest BCUT2D eigenvalue weighted by Crippen LogP contribution is -2.30. The average Bonchev–Trinajstić information content (AvgIpc) is 2.64. The summed E-state index contributed by atoms with van der Waals surface area (Å²) in [5.41, 5.74) is 2.28. The highest BCUT2D eigenvalue weighted by Gasteiger charge is 2.12. The van der Waals surface area contributed by atoms with Gasteiger partial charge >= 0.3 is 6.09 Å². The van der Waals surface area contributed by atoms with E-state index in [0.717, 1.165) is 44.5 Å². The molecule has 0 aromatic heterocycles. The lowest BCUT2D eigenvalue weighted by molar-refractivity contribution is 0.113. The fourth-order valence-electron chi connectivity index (χ4n) is 3.16. The van der Waals surface area contributed by atoms with E-state index in [9.17, 15) is 4.79 Å². The fraction of sp³-hybridized carbons (Fsp3) is 0.571. The van der Waals surface area contributed by atoms with E-state index in [2.05, 4.69) is 40.6 Å². The second-order valence-electron chi connectivity index (χ2n) is 6.72. The van der Waals surface area contributed by atoms with Gasteiger partial charge in [0.2, 0.25) is 0 Å². The third kappa shape index (κ3) is 8.44. The van der Waals surface area contributed by atoms with Gasteiger partial charge in [0.15, 0.2) is 0 Å². The summed E-state index contributed by atoms with van der Waals surface area (Å²) in [6, 6.07) is 8.31. The standard InChI is InChI=1S/C21H30Cl2N2O2/c22-13-16-25(17-14-23)19-10-8-18(9-11-19)12-15-24-21(26)27-20-6-4-2-1-3-5-7-20/h4,6,8-11,20H,1-3,5,7,12-17H2,(H,24,26)/b6-4+. The van der Waals surface area contributed by atoms with Crippen LogP contribution in [0.4, 0.5) is 10.5 Å². The lowest BCUT2D eigenvalue weighted by atomic mass is 10.0. The first-order valence-corrected chi connectivity index (χ1v) is 10.9. The van der Waals surface area contributed by atoms with Crippen molar-refractivity contribution in [3.63, 3.8) is 0 Å². The van der Waals surface area contributed by atoms with Gasteiger partial charge in [0.25, 0.3) is 0 Å². The van der Waals surface area contributed by atoms with Gasteiger partial charge < -0.3 is 15.0 Å². The molecule has 0 saturated heterocycles. The van der Waals surface area contributed by atoms with Crippen LogP contribution in [0.1, 0.15) is 37.7 Å². The molecule has 0 saturated carbocycles. The summed E-state index contributed by atoms with van der Waals surface area (Å²) in [7, 11) is 0. The molecule has 6 heteroatoms. The zero-order valence-electron chi connectivity index (χ0n) is 15.8. The number of hydrogen-bond donors (Lipinski definition) is 1. The number of amides is 1. The molecule has 0 aliphatic heterocycles. The molecule has 4 nitrogen and oxygen atoms in total. The Hall–Kier alpha value is -1.39. The van der Waals surface area contributed by atoms with Gasteiger partial charge in [-0.15, -0.1) is 23.2 Å². The number of rotatable bonds is 9. The SMILES string of the molecule is O=C(NCCc1ccc(N(CCCl)CCCl)cc1)OC1/C=C/CCCCC1. The van der Waals surface area contributed by atoms with Gasteiger partial charge in [0, 0.05) is 37.1 Å². The Kier molecular flexibility index (Phi) is 10.5. The summed E-state index contributed by atoms with van der Waals surface area (Å²) >= 11 is 11.7. The van der Waals surface area contributed by atoms with Crippen molar-refractivity contribution in [3.05, 3.63) is 42.0 Å². The number of benzene rings is 1. The molecule has 1 aromatic rings. The third-order valence-electron chi connectivity index (χ3n) is 4.66. The van der Waals surface area contributed by atoms with Crippen molar-refractivity contribution in [1.29, 1.82) is 0 Å². The van der Waals surface area contributed by atoms with Crippen molar-refractivity contribution in [3.8, 4) is 0 Å². The highest BCUT2D eigenvalue weighted by molar-refractivity contribution is 6.18. The summed E-state index contributed by atoms with van der Waals surface area (Å²) < 4.78 is 5.50. The Balaban J connectivity index is 1.74. The van der Waals surface area contributed by atoms with E-state index in [1.165, 1.54) is 18.4 Å². The van der Waals surface area contributed by atoms with E-state index in [1.807, 2.05) is 6.08 Å². The summed E-state index contributed by atoms with van der Waals surface area (Å²) in [4.78, 5) is 14.2. The molecule has 0 radical (unpaired) electrons. The molecule has 27 heavy (non-hydrogen) atoms. The number of allylic oxidation sites excluding steroid dienone is 1. The maximum Gasteiger partial charge on any atom is 0.407 e. The maximum atomic E-state index is 12.0. The Morgan fingerprint density at radius 3 is 2.56 bits per heavy atom. The van der Waals surface area contributed by atoms with Crippen molar-refractivity contribution in [2.75, 3.05) is 36.3 Å². The van der Waals surface area contributed by atoms with Gasteiger partial charge in [-0.25, -0.2) is 4.79 Å². The number of nitrogens with zero attached hydrogens (tertiary/aromatic N) is 1. The summed E-state index contributed by atoms with van der Waals surface area (Å²) in [5, 5.41) is 2.85. The largest absolute Gasteiger partial charge is 0.442 e. The molecule has 1 atom stereocenters. The number of alkyl halides is 2. The van der Waals surface area contributed by atoms with Crippen molar-refractivity contribution in [1.82, 2.24) is 5.32 Å². The average molecular weight is 413 g/mol. The van der Waals surface area contributed by atoms with Crippen molar-refractivity contribution < 1.29 is 9.53 Å². The summed E-state index contributed by atoms with van der Waals surface area (Å²) in [6.07, 6.45) is 9.99. The van der Waals surface area contributed by atoms with E-state index in [1.54, 1.807) is 0 Å². The first-order valence-electron chi connectivity index (χ1n) is 9.80. The molecule has 150 valence electrons. The van der Waals surface area contributed by atoms with E-state index < -0.39 is 0 Å². The van der Waals surface area contributed by atoms with Crippen LogP contribution in [0.2, 0.25) is 0 Å². The zero-order valence-corrected chi connectivity index (χ0v) is 17.4. The second-order valence-corrected chi connectivity index (χ2v) is 7.47. The molecule has 1 unspecified atom stereocenters. The molecule has 0 heterocycles. The second kappa shape index (κ2) is 12.9. The maximum absolute atomic E-state index is 12.0. The van der Waals surface area contributed by atoms with Crippen LogP contribution < -0.4 is 10.2 Å². The molecule has 1 aliphatic rings. The third-order valence-corrected chi connectivity index (χ3v) is 5.00. The van der Waals surface area contributed by atoms with Crippen LogP contribution in [0.3, 0.4) is 0 Å². The van der Waals surface area contributed by atoms with E-state index >= 15 is 0 Å². The molecule has 0 fully saturated rings. The van der Waals surface area contributed by atoms with Gasteiger partial charge in [0.1, 0.15) is 6.10 Å². The Morgan fingerprint density at radius 1 is 1.11 bits per heavy atom. The van der Waals surface area contributed by atoms with Crippen LogP contribution in [0.25, 0.3) is 0 Å². The number of hydrogen-bond acceptors (Lipinski definition) is 3. The van der Waals surface area contributed by atoms with Crippen molar-refractivity contribution in [2.45, 2.75) is 44.6 Å². The molecule has 0 bridgehead atoms. The number of ether oxygens (including phenoxy) is 1. The molecule has 0 spiro atoms. The minimum atomic E-state index is -0.336. The van der Waals surface area contributed by atoms with E-state index in [-0.39, 0.29) is 12.2 Å². The quantitative estimate of drug-likeness (QED) is 0.451. The highest BCUT2D eigenvalue weighted by Crippen LogP contribution is 2.16. The molecule has 1 amide bonds. The summed E-state index contributed by atoms with van der Waals surface area (Å²) in [6.45, 7) is 2.11. The van der Waals surface area contributed by atoms with Gasteiger partial charge in [-0.2, -0.15) is 0 Å². The Bertz CT molecular complexity index is 572. The van der Waals surface area contributed by atoms with E-state index in [0.29, 0.717) is 18.3 Å². The normalized spacial score (nSPS) is 18.2. The van der Waals surface area contributed by atoms with Crippen LogP contribution >= 0.6 is 23.2 Å². The topological polar surface area (TPSA) is 41.6 Å². The van der Waals surface area contributed by atoms with Gasteiger partial charge in [-0.05, 0) is 55.9 Å². The predicted octanol–water partition coefficient (Wildman–Crippen LogP) is 5.13. The number of alkyl carbamates (subject to hydrolysis) is 1. The lowest BCUT2D eigenvalue weighted by Gasteiger charge is -2.23. The fourth-order valence-corrected chi connectivity index (χ4v) is 3.57. The van der Waals surface area contributed by atoms with Crippen LogP contribution in [0.5, 0.6) is 0 Å². The van der Waals surface area contributed by atoms with Crippen LogP contribution in [0.15, 0.2) is 36.4 Å². The molecule has 1 N–H and O–H groups in total. The minimum Gasteiger partial charge on any atom is -0.442 e. The van der Waals surface area contributed by atoms with Crippen LogP contribution in [-0.2, 0) is 11.2 Å². The molecular formula is C21H30Cl2N2O2. The first-order chi connectivity index (χ1) is 13.2. The molecule has 2 rings (SSSR count). The van der Waals surface area contributed by atoms with E-state index in [4.69, 9.17) is 27.9 Å². The number of halogens is 2. The predicted molar refractivity (Wildman–Crippen MR) is 114 cm³/mol. The summed E-state index contributed by atoms with van der Waals surface area (Å²) in [5.74, 6) is 1.14. The molecule has 1 aliphatic carbocycles. The Labute approximate surface area is 172 Å².